The maximum absolute atomic E-state index is 12.4. The van der Waals surface area contributed by atoms with Gasteiger partial charge in [-0.25, -0.2) is 4.98 Å². The van der Waals surface area contributed by atoms with E-state index in [0.717, 1.165) is 11.3 Å². The molecule has 0 spiro atoms. The van der Waals surface area contributed by atoms with Crippen molar-refractivity contribution < 1.29 is 14.6 Å². The maximum atomic E-state index is 12.4. The number of nitrogens with zero attached hydrogens (tertiary/aromatic N) is 2. The van der Waals surface area contributed by atoms with E-state index in [4.69, 9.17) is 9.47 Å². The van der Waals surface area contributed by atoms with Gasteiger partial charge in [-0.1, -0.05) is 30.3 Å². The van der Waals surface area contributed by atoms with Crippen LogP contribution in [-0.2, 0) is 17.9 Å². The van der Waals surface area contributed by atoms with Gasteiger partial charge in [-0.3, -0.25) is 9.36 Å². The number of para-hydroxylation sites is 2. The lowest BCUT2D eigenvalue weighted by molar-refractivity contribution is 0.0192. The molecule has 0 saturated heterocycles. The molecule has 6 heteroatoms. The minimum Gasteiger partial charge on any atom is -0.496 e. The van der Waals surface area contributed by atoms with Crippen LogP contribution in [0.25, 0.3) is 10.9 Å². The van der Waals surface area contributed by atoms with Crippen molar-refractivity contribution in [2.24, 2.45) is 0 Å². The van der Waals surface area contributed by atoms with E-state index in [1.165, 1.54) is 10.9 Å². The van der Waals surface area contributed by atoms with Crippen LogP contribution in [0.1, 0.15) is 5.56 Å². The average Bonchev–Trinajstić information content (AvgIpc) is 2.64. The Kier molecular flexibility index (Phi) is 5.42. The summed E-state index contributed by atoms with van der Waals surface area (Å²) in [6.07, 6.45) is 0.643. The number of aliphatic hydroxyl groups is 1. The first kappa shape index (κ1) is 17.1. The van der Waals surface area contributed by atoms with E-state index in [0.29, 0.717) is 17.5 Å². The Morgan fingerprint density at radius 3 is 2.76 bits per heavy atom. The topological polar surface area (TPSA) is 73.6 Å². The van der Waals surface area contributed by atoms with E-state index >= 15 is 0 Å². The van der Waals surface area contributed by atoms with Gasteiger partial charge in [0, 0.05) is 5.56 Å². The molecule has 3 aromatic rings. The predicted octanol–water partition coefficient (Wildman–Crippen LogP) is 1.98. The highest BCUT2D eigenvalue weighted by Crippen LogP contribution is 2.18. The first-order valence-electron chi connectivity index (χ1n) is 8.01. The van der Waals surface area contributed by atoms with E-state index in [1.807, 2.05) is 30.3 Å². The van der Waals surface area contributed by atoms with Crippen molar-refractivity contribution in [1.82, 2.24) is 9.55 Å². The van der Waals surface area contributed by atoms with Crippen LogP contribution in [0.15, 0.2) is 59.7 Å². The first-order valence-corrected chi connectivity index (χ1v) is 8.01. The largest absolute Gasteiger partial charge is 0.496 e. The zero-order valence-corrected chi connectivity index (χ0v) is 14.0. The summed E-state index contributed by atoms with van der Waals surface area (Å²) in [4.78, 5) is 16.6. The summed E-state index contributed by atoms with van der Waals surface area (Å²) in [7, 11) is 1.60. The first-order chi connectivity index (χ1) is 12.2. The van der Waals surface area contributed by atoms with Crippen molar-refractivity contribution in [3.8, 4) is 5.75 Å². The normalized spacial score (nSPS) is 12.2. The molecule has 130 valence electrons. The van der Waals surface area contributed by atoms with Gasteiger partial charge in [0.1, 0.15) is 5.75 Å². The molecule has 1 N–H and O–H groups in total. The Hall–Kier alpha value is -2.70. The lowest BCUT2D eigenvalue weighted by Gasteiger charge is -2.14. The summed E-state index contributed by atoms with van der Waals surface area (Å²) in [5.41, 5.74) is 1.38. The van der Waals surface area contributed by atoms with Gasteiger partial charge in [-0.05, 0) is 18.2 Å². The van der Waals surface area contributed by atoms with Gasteiger partial charge < -0.3 is 14.6 Å². The van der Waals surface area contributed by atoms with Crippen LogP contribution in [0.3, 0.4) is 0 Å². The molecule has 0 unspecified atom stereocenters. The molecule has 1 heterocycles. The van der Waals surface area contributed by atoms with Gasteiger partial charge in [0.05, 0.1) is 50.2 Å². The van der Waals surface area contributed by atoms with Crippen LogP contribution in [0.5, 0.6) is 5.75 Å². The second-order valence-electron chi connectivity index (χ2n) is 5.70. The number of fused-ring (bicyclic) bond motifs is 1. The van der Waals surface area contributed by atoms with E-state index < -0.39 is 6.10 Å². The van der Waals surface area contributed by atoms with Crippen molar-refractivity contribution in [2.75, 3.05) is 13.7 Å². The van der Waals surface area contributed by atoms with Crippen LogP contribution < -0.4 is 10.3 Å². The molecular formula is C19H20N2O4. The molecular weight excluding hydrogens is 320 g/mol. The molecule has 1 atom stereocenters. The predicted molar refractivity (Wildman–Crippen MR) is 94.7 cm³/mol. The van der Waals surface area contributed by atoms with E-state index in [-0.39, 0.29) is 18.7 Å². The van der Waals surface area contributed by atoms with Crippen LogP contribution in [-0.4, -0.2) is 34.5 Å². The van der Waals surface area contributed by atoms with Crippen molar-refractivity contribution in [3.63, 3.8) is 0 Å². The third kappa shape index (κ3) is 4.04. The molecule has 2 aromatic carbocycles. The lowest BCUT2D eigenvalue weighted by atomic mass is 10.2. The summed E-state index contributed by atoms with van der Waals surface area (Å²) in [6, 6.07) is 14.7. The smallest absolute Gasteiger partial charge is 0.261 e. The highest BCUT2D eigenvalue weighted by atomic mass is 16.5. The third-order valence-electron chi connectivity index (χ3n) is 3.90. The number of hydrogen-bond donors (Lipinski definition) is 1. The van der Waals surface area contributed by atoms with Crippen molar-refractivity contribution in [2.45, 2.75) is 19.3 Å². The Bertz CT molecular complexity index is 907. The number of benzene rings is 2. The van der Waals surface area contributed by atoms with Crippen LogP contribution in [0, 0.1) is 0 Å². The zero-order chi connectivity index (χ0) is 17.6. The summed E-state index contributed by atoms with van der Waals surface area (Å²) in [5.74, 6) is 0.743. The fourth-order valence-corrected chi connectivity index (χ4v) is 2.64. The highest BCUT2D eigenvalue weighted by Gasteiger charge is 2.10. The summed E-state index contributed by atoms with van der Waals surface area (Å²) in [6.45, 7) is 0.561. The maximum Gasteiger partial charge on any atom is 0.261 e. The molecule has 0 bridgehead atoms. The SMILES string of the molecule is COc1ccccc1COC[C@H](O)Cn1cnc2ccccc2c1=O. The van der Waals surface area contributed by atoms with Crippen LogP contribution in [0.2, 0.25) is 0 Å². The Morgan fingerprint density at radius 1 is 1.16 bits per heavy atom. The molecule has 1 aromatic heterocycles. The Labute approximate surface area is 145 Å². The number of methoxy groups -OCH3 is 1. The fraction of sp³-hybridized carbons (Fsp3) is 0.263. The highest BCUT2D eigenvalue weighted by molar-refractivity contribution is 5.76. The number of aliphatic hydroxyl groups excluding tert-OH is 1. The second kappa shape index (κ2) is 7.92. The third-order valence-corrected chi connectivity index (χ3v) is 3.90. The number of hydrogen-bond acceptors (Lipinski definition) is 5. The van der Waals surface area contributed by atoms with Crippen molar-refractivity contribution in [3.05, 3.63) is 70.8 Å². The van der Waals surface area contributed by atoms with Gasteiger partial charge in [-0.15, -0.1) is 0 Å². The average molecular weight is 340 g/mol. The molecule has 0 radical (unpaired) electrons. The molecule has 0 saturated carbocycles. The Balaban J connectivity index is 1.60. The molecule has 0 amide bonds. The molecule has 0 aliphatic rings. The van der Waals surface area contributed by atoms with Crippen molar-refractivity contribution in [1.29, 1.82) is 0 Å². The lowest BCUT2D eigenvalue weighted by Crippen LogP contribution is -2.29. The summed E-state index contributed by atoms with van der Waals surface area (Å²) in [5, 5.41) is 10.7. The number of ether oxygens (including phenoxy) is 2. The van der Waals surface area contributed by atoms with E-state index in [2.05, 4.69) is 4.98 Å². The van der Waals surface area contributed by atoms with Gasteiger partial charge in [0.25, 0.3) is 5.56 Å². The van der Waals surface area contributed by atoms with Crippen LogP contribution in [0.4, 0.5) is 0 Å². The van der Waals surface area contributed by atoms with Gasteiger partial charge in [-0.2, -0.15) is 0 Å². The van der Waals surface area contributed by atoms with E-state index in [9.17, 15) is 9.90 Å². The second-order valence-corrected chi connectivity index (χ2v) is 5.70. The van der Waals surface area contributed by atoms with Gasteiger partial charge >= 0.3 is 0 Å². The molecule has 0 fully saturated rings. The van der Waals surface area contributed by atoms with Crippen LogP contribution >= 0.6 is 0 Å². The Morgan fingerprint density at radius 2 is 1.92 bits per heavy atom. The van der Waals surface area contributed by atoms with Crippen molar-refractivity contribution >= 4 is 10.9 Å². The summed E-state index contributed by atoms with van der Waals surface area (Å²) >= 11 is 0. The minimum absolute atomic E-state index is 0.108. The summed E-state index contributed by atoms with van der Waals surface area (Å²) < 4.78 is 12.2. The molecule has 0 aliphatic carbocycles. The molecule has 0 aliphatic heterocycles. The standard InChI is InChI=1S/C19H20N2O4/c1-24-18-9-5-2-6-14(18)11-25-12-15(22)10-21-13-20-17-8-4-3-7-16(17)19(21)23/h2-9,13,15,22H,10-12H2,1H3/t15-/m1/s1. The molecule has 6 nitrogen and oxygen atoms in total. The number of aromatic nitrogens is 2. The molecule has 3 rings (SSSR count). The monoisotopic (exact) mass is 340 g/mol. The van der Waals surface area contributed by atoms with Gasteiger partial charge in [0.15, 0.2) is 0 Å². The quantitative estimate of drug-likeness (QED) is 0.712. The number of rotatable bonds is 7. The van der Waals surface area contributed by atoms with Gasteiger partial charge in [0.2, 0.25) is 0 Å². The minimum atomic E-state index is -0.810. The zero-order valence-electron chi connectivity index (χ0n) is 14.0. The van der Waals surface area contributed by atoms with E-state index in [1.54, 1.807) is 25.3 Å². The molecule has 25 heavy (non-hydrogen) atoms. The fourth-order valence-electron chi connectivity index (χ4n) is 2.64.